The summed E-state index contributed by atoms with van der Waals surface area (Å²) in [6.45, 7) is 2.87. The van der Waals surface area contributed by atoms with Crippen molar-refractivity contribution in [1.82, 2.24) is 4.90 Å². The van der Waals surface area contributed by atoms with E-state index in [-0.39, 0.29) is 19.6 Å². The Morgan fingerprint density at radius 3 is 1.90 bits per heavy atom. The highest BCUT2D eigenvalue weighted by Gasteiger charge is 2.21. The van der Waals surface area contributed by atoms with Crippen LogP contribution in [0, 0.1) is 0 Å². The van der Waals surface area contributed by atoms with Crippen LogP contribution < -0.4 is 11.5 Å². The minimum atomic E-state index is -0.945. The van der Waals surface area contributed by atoms with Gasteiger partial charge in [0.25, 0.3) is 0 Å². The molecular formula is C14H25N3O4. The predicted molar refractivity (Wildman–Crippen MR) is 81.0 cm³/mol. The molecule has 21 heavy (non-hydrogen) atoms. The molecule has 0 saturated carbocycles. The van der Waals surface area contributed by atoms with E-state index in [1.54, 1.807) is 12.1 Å². The SMILES string of the molecule is CC(O)N(Cc1c(N)ccc(N)c1CC(O)CO)C(C)O. The summed E-state index contributed by atoms with van der Waals surface area (Å²) in [5.74, 6) is 0. The minimum Gasteiger partial charge on any atom is -0.398 e. The van der Waals surface area contributed by atoms with Crippen LogP contribution in [0.3, 0.4) is 0 Å². The number of aliphatic hydroxyl groups is 4. The Balaban J connectivity index is 3.17. The molecule has 0 heterocycles. The van der Waals surface area contributed by atoms with Gasteiger partial charge in [-0.15, -0.1) is 0 Å². The number of nitrogens with two attached hydrogens (primary N) is 2. The van der Waals surface area contributed by atoms with Gasteiger partial charge in [-0.25, -0.2) is 4.90 Å². The third-order valence-corrected chi connectivity index (χ3v) is 3.45. The Kier molecular flexibility index (Phi) is 6.38. The van der Waals surface area contributed by atoms with E-state index in [2.05, 4.69) is 0 Å². The monoisotopic (exact) mass is 299 g/mol. The fourth-order valence-electron chi connectivity index (χ4n) is 2.22. The maximum Gasteiger partial charge on any atom is 0.106 e. The number of nitrogen functional groups attached to an aromatic ring is 2. The summed E-state index contributed by atoms with van der Waals surface area (Å²) < 4.78 is 0. The van der Waals surface area contributed by atoms with Gasteiger partial charge in [-0.05, 0) is 37.1 Å². The molecule has 0 aromatic heterocycles. The van der Waals surface area contributed by atoms with Gasteiger partial charge in [-0.3, -0.25) is 0 Å². The lowest BCUT2D eigenvalue weighted by Gasteiger charge is -2.30. The number of aliphatic hydroxyl groups excluding tert-OH is 4. The van der Waals surface area contributed by atoms with Gasteiger partial charge in [-0.2, -0.15) is 0 Å². The van der Waals surface area contributed by atoms with Gasteiger partial charge in [0.2, 0.25) is 0 Å². The van der Waals surface area contributed by atoms with Crippen molar-refractivity contribution in [2.24, 2.45) is 0 Å². The summed E-state index contributed by atoms with van der Waals surface area (Å²) in [5.41, 5.74) is 14.0. The third-order valence-electron chi connectivity index (χ3n) is 3.45. The zero-order chi connectivity index (χ0) is 16.2. The number of rotatable bonds is 7. The second-order valence-electron chi connectivity index (χ2n) is 5.18. The molecule has 3 atom stereocenters. The van der Waals surface area contributed by atoms with Crippen molar-refractivity contribution in [3.63, 3.8) is 0 Å². The highest BCUT2D eigenvalue weighted by atomic mass is 16.3. The molecule has 0 saturated heterocycles. The van der Waals surface area contributed by atoms with Gasteiger partial charge in [0.15, 0.2) is 0 Å². The average Bonchev–Trinajstić information content (AvgIpc) is 2.41. The van der Waals surface area contributed by atoms with Crippen LogP contribution in [0.1, 0.15) is 25.0 Å². The standard InChI is InChI=1S/C14H25N3O4/c1-8(19)17(9(2)20)6-12-11(5-10(21)7-18)13(15)3-4-14(12)16/h3-4,8-10,18-21H,5-7,15-16H2,1-2H3. The number of nitrogens with zero attached hydrogens (tertiary/aromatic N) is 1. The zero-order valence-electron chi connectivity index (χ0n) is 12.4. The summed E-state index contributed by atoms with van der Waals surface area (Å²) >= 11 is 0. The van der Waals surface area contributed by atoms with Crippen LogP contribution >= 0.6 is 0 Å². The summed E-state index contributed by atoms with van der Waals surface area (Å²) in [7, 11) is 0. The Morgan fingerprint density at radius 2 is 1.48 bits per heavy atom. The Hall–Kier alpha value is -1.38. The van der Waals surface area contributed by atoms with Gasteiger partial charge >= 0.3 is 0 Å². The summed E-state index contributed by atoms with van der Waals surface area (Å²) in [6.07, 6.45) is -2.54. The lowest BCUT2D eigenvalue weighted by atomic mass is 9.97. The molecule has 0 aliphatic carbocycles. The highest BCUT2D eigenvalue weighted by molar-refractivity contribution is 5.62. The van der Waals surface area contributed by atoms with E-state index in [0.717, 1.165) is 0 Å². The highest BCUT2D eigenvalue weighted by Crippen LogP contribution is 2.27. The van der Waals surface area contributed by atoms with Crippen molar-refractivity contribution in [2.45, 2.75) is 45.4 Å². The van der Waals surface area contributed by atoms with Crippen LogP contribution in [-0.2, 0) is 13.0 Å². The molecule has 0 amide bonds. The van der Waals surface area contributed by atoms with Crippen LogP contribution in [0.15, 0.2) is 12.1 Å². The normalized spacial score (nSPS) is 16.0. The van der Waals surface area contributed by atoms with Gasteiger partial charge in [0.1, 0.15) is 12.5 Å². The topological polar surface area (TPSA) is 136 Å². The van der Waals surface area contributed by atoms with Crippen molar-refractivity contribution in [1.29, 1.82) is 0 Å². The number of hydrogen-bond acceptors (Lipinski definition) is 7. The fraction of sp³-hybridized carbons (Fsp3) is 0.571. The summed E-state index contributed by atoms with van der Waals surface area (Å²) in [4.78, 5) is 1.43. The van der Waals surface area contributed by atoms with Crippen LogP contribution in [0.25, 0.3) is 0 Å². The molecule has 8 N–H and O–H groups in total. The van der Waals surface area contributed by atoms with Gasteiger partial charge in [0.05, 0.1) is 12.7 Å². The molecule has 0 radical (unpaired) electrons. The molecule has 3 unspecified atom stereocenters. The molecule has 0 spiro atoms. The first kappa shape index (κ1) is 17.7. The van der Waals surface area contributed by atoms with E-state index in [4.69, 9.17) is 16.6 Å². The third kappa shape index (κ3) is 4.55. The molecule has 0 fully saturated rings. The van der Waals surface area contributed by atoms with Crippen LogP contribution in [0.5, 0.6) is 0 Å². The van der Waals surface area contributed by atoms with Crippen LogP contribution in [0.4, 0.5) is 11.4 Å². The van der Waals surface area contributed by atoms with Crippen molar-refractivity contribution >= 4 is 11.4 Å². The van der Waals surface area contributed by atoms with E-state index >= 15 is 0 Å². The molecule has 1 aromatic carbocycles. The Labute approximate surface area is 124 Å². The summed E-state index contributed by atoms with van der Waals surface area (Å²) in [5, 5.41) is 38.1. The van der Waals surface area contributed by atoms with E-state index in [1.807, 2.05) is 0 Å². The van der Waals surface area contributed by atoms with Crippen LogP contribution in [-0.4, -0.2) is 50.5 Å². The first-order valence-corrected chi connectivity index (χ1v) is 6.84. The first-order chi connectivity index (χ1) is 9.77. The molecule has 120 valence electrons. The van der Waals surface area contributed by atoms with Gasteiger partial charge in [0, 0.05) is 24.3 Å². The van der Waals surface area contributed by atoms with Crippen molar-refractivity contribution < 1.29 is 20.4 Å². The smallest absolute Gasteiger partial charge is 0.106 e. The van der Waals surface area contributed by atoms with Crippen molar-refractivity contribution in [2.75, 3.05) is 18.1 Å². The van der Waals surface area contributed by atoms with Crippen molar-refractivity contribution in [3.8, 4) is 0 Å². The largest absolute Gasteiger partial charge is 0.398 e. The molecule has 0 aliphatic rings. The molecule has 0 aliphatic heterocycles. The van der Waals surface area contributed by atoms with E-state index in [9.17, 15) is 15.3 Å². The Morgan fingerprint density at radius 1 is 1.00 bits per heavy atom. The summed E-state index contributed by atoms with van der Waals surface area (Å²) in [6, 6.07) is 3.27. The second kappa shape index (κ2) is 7.58. The van der Waals surface area contributed by atoms with E-state index in [1.165, 1.54) is 18.7 Å². The molecule has 7 nitrogen and oxygen atoms in total. The maximum absolute atomic E-state index is 9.73. The maximum atomic E-state index is 9.73. The Bertz CT molecular complexity index is 458. The van der Waals surface area contributed by atoms with Gasteiger partial charge in [-0.1, -0.05) is 0 Å². The van der Waals surface area contributed by atoms with Gasteiger partial charge < -0.3 is 31.9 Å². The molecule has 7 heteroatoms. The number of benzene rings is 1. The zero-order valence-corrected chi connectivity index (χ0v) is 12.4. The molecule has 0 bridgehead atoms. The number of hydrogen-bond donors (Lipinski definition) is 6. The first-order valence-electron chi connectivity index (χ1n) is 6.84. The van der Waals surface area contributed by atoms with E-state index < -0.39 is 18.6 Å². The van der Waals surface area contributed by atoms with E-state index in [0.29, 0.717) is 22.5 Å². The average molecular weight is 299 g/mol. The molecule has 1 aromatic rings. The van der Waals surface area contributed by atoms with Crippen LogP contribution in [0.2, 0.25) is 0 Å². The quantitative estimate of drug-likeness (QED) is 0.287. The lowest BCUT2D eigenvalue weighted by molar-refractivity contribution is -0.0897. The number of anilines is 2. The minimum absolute atomic E-state index is 0.149. The van der Waals surface area contributed by atoms with Crippen molar-refractivity contribution in [3.05, 3.63) is 23.3 Å². The predicted octanol–water partition coefficient (Wildman–Crippen LogP) is -0.775. The second-order valence-corrected chi connectivity index (χ2v) is 5.18. The lowest BCUT2D eigenvalue weighted by Crippen LogP contribution is -2.40. The molecule has 1 rings (SSSR count). The molecular weight excluding hydrogens is 274 g/mol. The fourth-order valence-corrected chi connectivity index (χ4v) is 2.22.